The van der Waals surface area contributed by atoms with Crippen LogP contribution in [0.3, 0.4) is 0 Å². The molecule has 0 aliphatic rings. The van der Waals surface area contributed by atoms with Crippen molar-refractivity contribution in [1.29, 1.82) is 0 Å². The molecule has 0 fully saturated rings. The molecule has 20 heavy (non-hydrogen) atoms. The van der Waals surface area contributed by atoms with Gasteiger partial charge in [-0.3, -0.25) is 4.79 Å². The fourth-order valence-electron chi connectivity index (χ4n) is 2.06. The summed E-state index contributed by atoms with van der Waals surface area (Å²) in [5.74, 6) is -4.14. The molecule has 2 aromatic carbocycles. The first-order valence-electron chi connectivity index (χ1n) is 6.09. The van der Waals surface area contributed by atoms with Gasteiger partial charge in [0.15, 0.2) is 5.78 Å². The molecule has 0 aromatic heterocycles. The highest BCUT2D eigenvalue weighted by Gasteiger charge is 2.34. The van der Waals surface area contributed by atoms with Crippen molar-refractivity contribution in [2.24, 2.45) is 0 Å². The molecule has 0 bridgehead atoms. The van der Waals surface area contributed by atoms with E-state index in [-0.39, 0.29) is 0 Å². The molecule has 0 saturated heterocycles. The van der Waals surface area contributed by atoms with Crippen LogP contribution < -0.4 is 0 Å². The third kappa shape index (κ3) is 2.46. The van der Waals surface area contributed by atoms with Crippen molar-refractivity contribution in [3.63, 3.8) is 0 Å². The number of carbonyl (C=O) groups excluding carboxylic acids is 1. The highest BCUT2D eigenvalue weighted by atomic mass is 19.1. The SMILES string of the molecule is CC(C)(C(=O)c1c(F)cc(F)cc1F)c1ccccc1. The van der Waals surface area contributed by atoms with Crippen molar-refractivity contribution >= 4 is 5.78 Å². The molecular weight excluding hydrogens is 265 g/mol. The number of ketones is 1. The van der Waals surface area contributed by atoms with Gasteiger partial charge in [-0.25, -0.2) is 13.2 Å². The second-order valence-corrected chi connectivity index (χ2v) is 5.06. The predicted octanol–water partition coefficient (Wildman–Crippen LogP) is 4.26. The van der Waals surface area contributed by atoms with Gasteiger partial charge in [0.05, 0.1) is 11.0 Å². The summed E-state index contributed by atoms with van der Waals surface area (Å²) in [6.45, 7) is 3.15. The van der Waals surface area contributed by atoms with E-state index in [1.165, 1.54) is 0 Å². The van der Waals surface area contributed by atoms with Crippen LogP contribution in [0.15, 0.2) is 42.5 Å². The van der Waals surface area contributed by atoms with Gasteiger partial charge in [-0.1, -0.05) is 30.3 Å². The van der Waals surface area contributed by atoms with Crippen molar-refractivity contribution in [2.45, 2.75) is 19.3 Å². The van der Waals surface area contributed by atoms with E-state index < -0.39 is 34.2 Å². The Hall–Kier alpha value is -2.10. The Balaban J connectivity index is 2.52. The monoisotopic (exact) mass is 278 g/mol. The van der Waals surface area contributed by atoms with Crippen LogP contribution in [0.1, 0.15) is 29.8 Å². The molecule has 104 valence electrons. The van der Waals surface area contributed by atoms with E-state index in [2.05, 4.69) is 0 Å². The van der Waals surface area contributed by atoms with Crippen molar-refractivity contribution < 1.29 is 18.0 Å². The lowest BCUT2D eigenvalue weighted by atomic mass is 9.78. The molecule has 2 rings (SSSR count). The van der Waals surface area contributed by atoms with Gasteiger partial charge in [-0.2, -0.15) is 0 Å². The van der Waals surface area contributed by atoms with E-state index in [1.807, 2.05) is 0 Å². The molecule has 2 aromatic rings. The van der Waals surface area contributed by atoms with Crippen LogP contribution in [0.4, 0.5) is 13.2 Å². The van der Waals surface area contributed by atoms with E-state index in [1.54, 1.807) is 44.2 Å². The predicted molar refractivity (Wildman–Crippen MR) is 70.1 cm³/mol. The van der Waals surface area contributed by atoms with Gasteiger partial charge in [0.25, 0.3) is 0 Å². The third-order valence-corrected chi connectivity index (χ3v) is 3.30. The summed E-state index contributed by atoms with van der Waals surface area (Å²) in [7, 11) is 0. The lowest BCUT2D eigenvalue weighted by Gasteiger charge is -2.24. The van der Waals surface area contributed by atoms with E-state index in [0.717, 1.165) is 0 Å². The molecule has 0 amide bonds. The zero-order valence-electron chi connectivity index (χ0n) is 11.1. The minimum atomic E-state index is -1.18. The second kappa shape index (κ2) is 5.12. The van der Waals surface area contributed by atoms with Crippen LogP contribution in [0, 0.1) is 17.5 Å². The number of benzene rings is 2. The van der Waals surface area contributed by atoms with Gasteiger partial charge in [0, 0.05) is 12.1 Å². The summed E-state index contributed by atoms with van der Waals surface area (Å²) in [6, 6.07) is 9.69. The number of halogens is 3. The maximum Gasteiger partial charge on any atom is 0.178 e. The Morgan fingerprint density at radius 2 is 1.45 bits per heavy atom. The molecule has 0 spiro atoms. The molecule has 4 heteroatoms. The van der Waals surface area contributed by atoms with Gasteiger partial charge in [-0.15, -0.1) is 0 Å². The third-order valence-electron chi connectivity index (χ3n) is 3.30. The topological polar surface area (TPSA) is 17.1 Å². The smallest absolute Gasteiger partial charge is 0.178 e. The molecule has 0 unspecified atom stereocenters. The minimum Gasteiger partial charge on any atom is -0.293 e. The summed E-state index contributed by atoms with van der Waals surface area (Å²) < 4.78 is 40.3. The molecule has 0 aliphatic heterocycles. The van der Waals surface area contributed by atoms with E-state index >= 15 is 0 Å². The summed E-state index contributed by atoms with van der Waals surface area (Å²) >= 11 is 0. The van der Waals surface area contributed by atoms with Crippen LogP contribution in [0.2, 0.25) is 0 Å². The van der Waals surface area contributed by atoms with Crippen LogP contribution in [0.5, 0.6) is 0 Å². The molecule has 0 heterocycles. The standard InChI is InChI=1S/C16H13F3O/c1-16(2,10-6-4-3-5-7-10)15(20)14-12(18)8-11(17)9-13(14)19/h3-9H,1-2H3. The number of hydrogen-bond donors (Lipinski definition) is 0. The molecule has 0 radical (unpaired) electrons. The molecular formula is C16H13F3O. The normalized spacial score (nSPS) is 11.4. The van der Waals surface area contributed by atoms with Gasteiger partial charge < -0.3 is 0 Å². The lowest BCUT2D eigenvalue weighted by molar-refractivity contribution is 0.0899. The number of hydrogen-bond acceptors (Lipinski definition) is 1. The average Bonchev–Trinajstić information content (AvgIpc) is 2.38. The largest absolute Gasteiger partial charge is 0.293 e. The van der Waals surface area contributed by atoms with Crippen LogP contribution in [0.25, 0.3) is 0 Å². The van der Waals surface area contributed by atoms with E-state index in [0.29, 0.717) is 17.7 Å². The minimum absolute atomic E-state index is 0.511. The number of Topliss-reactive ketones (excluding diaryl/α,β-unsaturated/α-hetero) is 1. The lowest BCUT2D eigenvalue weighted by Crippen LogP contribution is -2.30. The Labute approximate surface area is 115 Å². The summed E-state index contributed by atoms with van der Waals surface area (Å²) in [5, 5.41) is 0. The highest BCUT2D eigenvalue weighted by Crippen LogP contribution is 2.30. The van der Waals surface area contributed by atoms with Crippen molar-refractivity contribution in [3.05, 3.63) is 71.0 Å². The van der Waals surface area contributed by atoms with Gasteiger partial charge in [0.1, 0.15) is 17.5 Å². The Bertz CT molecular complexity index is 625. The molecule has 0 aliphatic carbocycles. The first-order chi connectivity index (χ1) is 9.34. The Kier molecular flexibility index (Phi) is 3.66. The average molecular weight is 278 g/mol. The fraction of sp³-hybridized carbons (Fsp3) is 0.188. The van der Waals surface area contributed by atoms with Gasteiger partial charge in [-0.05, 0) is 19.4 Å². The first-order valence-corrected chi connectivity index (χ1v) is 6.09. The highest BCUT2D eigenvalue weighted by molar-refractivity contribution is 6.04. The Morgan fingerprint density at radius 3 is 1.95 bits per heavy atom. The van der Waals surface area contributed by atoms with Crippen molar-refractivity contribution in [2.75, 3.05) is 0 Å². The Morgan fingerprint density at radius 1 is 0.950 bits per heavy atom. The van der Waals surface area contributed by atoms with Gasteiger partial charge in [0.2, 0.25) is 0 Å². The molecule has 0 saturated carbocycles. The quantitative estimate of drug-likeness (QED) is 0.766. The fourth-order valence-corrected chi connectivity index (χ4v) is 2.06. The molecule has 1 nitrogen and oxygen atoms in total. The second-order valence-electron chi connectivity index (χ2n) is 5.06. The van der Waals surface area contributed by atoms with Crippen LogP contribution in [-0.2, 0) is 5.41 Å². The van der Waals surface area contributed by atoms with E-state index in [9.17, 15) is 18.0 Å². The first kappa shape index (κ1) is 14.3. The summed E-state index contributed by atoms with van der Waals surface area (Å²) in [4.78, 5) is 12.4. The van der Waals surface area contributed by atoms with Crippen molar-refractivity contribution in [1.82, 2.24) is 0 Å². The number of carbonyl (C=O) groups is 1. The maximum absolute atomic E-state index is 13.7. The zero-order valence-corrected chi connectivity index (χ0v) is 11.1. The zero-order chi connectivity index (χ0) is 14.9. The maximum atomic E-state index is 13.7. The summed E-state index contributed by atoms with van der Waals surface area (Å²) in [5.41, 5.74) is -1.19. The summed E-state index contributed by atoms with van der Waals surface area (Å²) in [6.07, 6.45) is 0. The molecule has 0 N–H and O–H groups in total. The number of rotatable bonds is 3. The van der Waals surface area contributed by atoms with E-state index in [4.69, 9.17) is 0 Å². The van der Waals surface area contributed by atoms with Crippen molar-refractivity contribution in [3.8, 4) is 0 Å². The van der Waals surface area contributed by atoms with Crippen LogP contribution >= 0.6 is 0 Å². The molecule has 0 atom stereocenters. The van der Waals surface area contributed by atoms with Gasteiger partial charge >= 0.3 is 0 Å². The van der Waals surface area contributed by atoms with Crippen LogP contribution in [-0.4, -0.2) is 5.78 Å².